The van der Waals surface area contributed by atoms with Gasteiger partial charge in [0.2, 0.25) is 0 Å². The quantitative estimate of drug-likeness (QED) is 0.701. The van der Waals surface area contributed by atoms with Crippen molar-refractivity contribution in [3.8, 4) is 0 Å². The highest BCUT2D eigenvalue weighted by atomic mass is 16.5. The molecule has 0 fully saturated rings. The molecule has 22 heavy (non-hydrogen) atoms. The fourth-order valence-electron chi connectivity index (χ4n) is 2.58. The number of hydrogen-bond acceptors (Lipinski definition) is 2. The minimum absolute atomic E-state index is 0.135. The SMILES string of the molecule is O=C(CCc1ccccc1)OCCc1c[nH]c2ccccc12. The zero-order chi connectivity index (χ0) is 15.2. The van der Waals surface area contributed by atoms with Crippen molar-refractivity contribution in [1.82, 2.24) is 4.98 Å². The molecule has 3 nitrogen and oxygen atoms in total. The van der Waals surface area contributed by atoms with Crippen LogP contribution in [-0.4, -0.2) is 17.6 Å². The van der Waals surface area contributed by atoms with E-state index in [0.29, 0.717) is 13.0 Å². The van der Waals surface area contributed by atoms with Crippen molar-refractivity contribution in [2.75, 3.05) is 6.61 Å². The van der Waals surface area contributed by atoms with Crippen molar-refractivity contribution in [2.45, 2.75) is 19.3 Å². The largest absolute Gasteiger partial charge is 0.465 e. The first-order valence-electron chi connectivity index (χ1n) is 7.57. The van der Waals surface area contributed by atoms with Crippen molar-refractivity contribution >= 4 is 16.9 Å². The zero-order valence-electron chi connectivity index (χ0n) is 12.4. The van der Waals surface area contributed by atoms with E-state index in [-0.39, 0.29) is 5.97 Å². The Bertz CT molecular complexity index is 746. The number of H-pyrrole nitrogens is 1. The molecule has 3 heteroatoms. The number of nitrogens with one attached hydrogen (secondary N) is 1. The third-order valence-electron chi connectivity index (χ3n) is 3.77. The van der Waals surface area contributed by atoms with Crippen LogP contribution in [0.3, 0.4) is 0 Å². The summed E-state index contributed by atoms with van der Waals surface area (Å²) < 4.78 is 5.33. The van der Waals surface area contributed by atoms with Crippen LogP contribution in [0, 0.1) is 0 Å². The smallest absolute Gasteiger partial charge is 0.306 e. The summed E-state index contributed by atoms with van der Waals surface area (Å²) in [6.45, 7) is 0.426. The molecule has 0 aliphatic rings. The summed E-state index contributed by atoms with van der Waals surface area (Å²) in [5.41, 5.74) is 3.47. The fourth-order valence-corrected chi connectivity index (χ4v) is 2.58. The van der Waals surface area contributed by atoms with Crippen LogP contribution in [0.1, 0.15) is 17.5 Å². The Kier molecular flexibility index (Phi) is 4.54. The van der Waals surface area contributed by atoms with E-state index in [1.807, 2.05) is 54.7 Å². The van der Waals surface area contributed by atoms with Crippen LogP contribution in [0.2, 0.25) is 0 Å². The van der Waals surface area contributed by atoms with E-state index in [9.17, 15) is 4.79 Å². The lowest BCUT2D eigenvalue weighted by molar-refractivity contribution is -0.143. The lowest BCUT2D eigenvalue weighted by Gasteiger charge is -2.05. The van der Waals surface area contributed by atoms with Crippen LogP contribution in [-0.2, 0) is 22.4 Å². The van der Waals surface area contributed by atoms with E-state index in [1.54, 1.807) is 0 Å². The van der Waals surface area contributed by atoms with E-state index in [0.717, 1.165) is 23.9 Å². The number of aryl methyl sites for hydroxylation is 1. The second-order valence-electron chi connectivity index (χ2n) is 5.32. The number of aromatic amines is 1. The molecule has 0 amide bonds. The van der Waals surface area contributed by atoms with Crippen molar-refractivity contribution in [2.24, 2.45) is 0 Å². The van der Waals surface area contributed by atoms with Gasteiger partial charge in [-0.25, -0.2) is 0 Å². The van der Waals surface area contributed by atoms with Crippen LogP contribution < -0.4 is 0 Å². The Balaban J connectivity index is 1.45. The van der Waals surface area contributed by atoms with Gasteiger partial charge in [0.1, 0.15) is 0 Å². The summed E-state index contributed by atoms with van der Waals surface area (Å²) >= 11 is 0. The van der Waals surface area contributed by atoms with Gasteiger partial charge in [0.25, 0.3) is 0 Å². The number of hydrogen-bond donors (Lipinski definition) is 1. The number of para-hydroxylation sites is 1. The maximum Gasteiger partial charge on any atom is 0.306 e. The van der Waals surface area contributed by atoms with Crippen LogP contribution >= 0.6 is 0 Å². The maximum absolute atomic E-state index is 11.8. The third-order valence-corrected chi connectivity index (χ3v) is 3.77. The van der Waals surface area contributed by atoms with Gasteiger partial charge in [-0.1, -0.05) is 48.5 Å². The normalized spacial score (nSPS) is 10.7. The molecule has 0 aliphatic heterocycles. The Morgan fingerprint density at radius 1 is 0.955 bits per heavy atom. The van der Waals surface area contributed by atoms with E-state index in [4.69, 9.17) is 4.74 Å². The summed E-state index contributed by atoms with van der Waals surface area (Å²) in [7, 11) is 0. The van der Waals surface area contributed by atoms with Crippen molar-refractivity contribution < 1.29 is 9.53 Å². The highest BCUT2D eigenvalue weighted by Gasteiger charge is 2.06. The van der Waals surface area contributed by atoms with Crippen molar-refractivity contribution in [3.05, 3.63) is 71.9 Å². The average molecular weight is 293 g/mol. The number of fused-ring (bicyclic) bond motifs is 1. The molecule has 3 aromatic rings. The molecular weight excluding hydrogens is 274 g/mol. The lowest BCUT2D eigenvalue weighted by atomic mass is 10.1. The highest BCUT2D eigenvalue weighted by Crippen LogP contribution is 2.18. The molecule has 0 aliphatic carbocycles. The molecule has 0 saturated heterocycles. The predicted octanol–water partition coefficient (Wildman–Crippen LogP) is 3.89. The standard InChI is InChI=1S/C19H19NO2/c21-19(11-10-15-6-2-1-3-7-15)22-13-12-16-14-20-18-9-5-4-8-17(16)18/h1-9,14,20H,10-13H2. The molecule has 0 unspecified atom stereocenters. The fraction of sp³-hybridized carbons (Fsp3) is 0.211. The minimum atomic E-state index is -0.135. The Hall–Kier alpha value is -2.55. The monoisotopic (exact) mass is 293 g/mol. The summed E-state index contributed by atoms with van der Waals surface area (Å²) in [6, 6.07) is 18.2. The molecule has 0 atom stereocenters. The highest BCUT2D eigenvalue weighted by molar-refractivity contribution is 5.83. The van der Waals surface area contributed by atoms with Crippen LogP contribution in [0.4, 0.5) is 0 Å². The molecule has 0 saturated carbocycles. The number of aromatic nitrogens is 1. The molecule has 1 aromatic heterocycles. The van der Waals surface area contributed by atoms with Crippen LogP contribution in [0.15, 0.2) is 60.8 Å². The van der Waals surface area contributed by atoms with E-state index < -0.39 is 0 Å². The van der Waals surface area contributed by atoms with Gasteiger partial charge in [-0.3, -0.25) is 4.79 Å². The molecule has 0 spiro atoms. The number of rotatable bonds is 6. The van der Waals surface area contributed by atoms with Gasteiger partial charge in [-0.05, 0) is 23.6 Å². The summed E-state index contributed by atoms with van der Waals surface area (Å²) in [6.07, 6.45) is 3.88. The van der Waals surface area contributed by atoms with Crippen LogP contribution in [0.5, 0.6) is 0 Å². The third kappa shape index (κ3) is 3.55. The second-order valence-corrected chi connectivity index (χ2v) is 5.32. The number of benzene rings is 2. The van der Waals surface area contributed by atoms with Gasteiger partial charge in [-0.2, -0.15) is 0 Å². The molecule has 0 bridgehead atoms. The number of esters is 1. The van der Waals surface area contributed by atoms with E-state index >= 15 is 0 Å². The molecule has 112 valence electrons. The minimum Gasteiger partial charge on any atom is -0.465 e. The zero-order valence-corrected chi connectivity index (χ0v) is 12.4. The van der Waals surface area contributed by atoms with Gasteiger partial charge in [-0.15, -0.1) is 0 Å². The van der Waals surface area contributed by atoms with Gasteiger partial charge in [0.15, 0.2) is 0 Å². The molecule has 1 N–H and O–H groups in total. The van der Waals surface area contributed by atoms with Crippen molar-refractivity contribution in [3.63, 3.8) is 0 Å². The topological polar surface area (TPSA) is 42.1 Å². The molecule has 3 rings (SSSR count). The Morgan fingerprint density at radius 3 is 2.59 bits per heavy atom. The first-order valence-corrected chi connectivity index (χ1v) is 7.57. The van der Waals surface area contributed by atoms with E-state index in [1.165, 1.54) is 10.9 Å². The summed E-state index contributed by atoms with van der Waals surface area (Å²) in [5, 5.41) is 1.20. The molecular formula is C19H19NO2. The number of carbonyl (C=O) groups excluding carboxylic acids is 1. The first-order chi connectivity index (χ1) is 10.8. The van der Waals surface area contributed by atoms with Crippen molar-refractivity contribution in [1.29, 1.82) is 0 Å². The first kappa shape index (κ1) is 14.4. The molecule has 1 heterocycles. The van der Waals surface area contributed by atoms with E-state index in [2.05, 4.69) is 11.1 Å². The second kappa shape index (κ2) is 6.94. The number of ether oxygens (including phenoxy) is 1. The average Bonchev–Trinajstić information content (AvgIpc) is 2.97. The molecule has 0 radical (unpaired) electrons. The van der Waals surface area contributed by atoms with Gasteiger partial charge >= 0.3 is 5.97 Å². The maximum atomic E-state index is 11.8. The van der Waals surface area contributed by atoms with Gasteiger partial charge in [0, 0.05) is 29.9 Å². The Labute approximate surface area is 129 Å². The lowest BCUT2D eigenvalue weighted by Crippen LogP contribution is -2.08. The van der Waals surface area contributed by atoms with Gasteiger partial charge in [0.05, 0.1) is 6.61 Å². The van der Waals surface area contributed by atoms with Gasteiger partial charge < -0.3 is 9.72 Å². The summed E-state index contributed by atoms with van der Waals surface area (Å²) in [5.74, 6) is -0.135. The van der Waals surface area contributed by atoms with Crippen LogP contribution in [0.25, 0.3) is 10.9 Å². The summed E-state index contributed by atoms with van der Waals surface area (Å²) in [4.78, 5) is 15.0. The Morgan fingerprint density at radius 2 is 1.73 bits per heavy atom. The predicted molar refractivity (Wildman–Crippen MR) is 87.7 cm³/mol. The molecule has 2 aromatic carbocycles. The number of carbonyl (C=O) groups is 1.